The molecular formula is C14H11N5O5S. The van der Waals surface area contributed by atoms with Gasteiger partial charge in [0.05, 0.1) is 15.3 Å². The fourth-order valence-corrected chi connectivity index (χ4v) is 2.76. The summed E-state index contributed by atoms with van der Waals surface area (Å²) in [6.45, 7) is 0. The highest BCUT2D eigenvalue weighted by molar-refractivity contribution is 7.89. The predicted molar refractivity (Wildman–Crippen MR) is 88.6 cm³/mol. The zero-order valence-corrected chi connectivity index (χ0v) is 13.3. The Bertz CT molecular complexity index is 1120. The van der Waals surface area contributed by atoms with Crippen LogP contribution in [0.2, 0.25) is 0 Å². The predicted octanol–water partition coefficient (Wildman–Crippen LogP) is 2.84. The molecule has 0 unspecified atom stereocenters. The Labute approximate surface area is 140 Å². The van der Waals surface area contributed by atoms with Crippen molar-refractivity contribution < 1.29 is 18.4 Å². The van der Waals surface area contributed by atoms with Crippen LogP contribution in [0.15, 0.2) is 57.6 Å². The SMILES string of the molecule is NS(=O)(=O)c1ccc(N=Nc2c(O)[nH]c3ccccc23)c([N+](=O)[O-])c1. The van der Waals surface area contributed by atoms with E-state index in [2.05, 4.69) is 15.2 Å². The third kappa shape index (κ3) is 3.18. The Kier molecular flexibility index (Phi) is 3.94. The van der Waals surface area contributed by atoms with Crippen LogP contribution in [-0.4, -0.2) is 23.4 Å². The van der Waals surface area contributed by atoms with Crippen molar-refractivity contribution >= 4 is 38.0 Å². The maximum Gasteiger partial charge on any atom is 0.298 e. The quantitative estimate of drug-likeness (QED) is 0.369. The minimum atomic E-state index is -4.09. The number of aromatic amines is 1. The number of primary sulfonamides is 1. The molecule has 0 bridgehead atoms. The molecule has 0 aliphatic heterocycles. The van der Waals surface area contributed by atoms with Gasteiger partial charge in [0.25, 0.3) is 5.69 Å². The lowest BCUT2D eigenvalue weighted by molar-refractivity contribution is -0.384. The molecule has 0 spiro atoms. The summed E-state index contributed by atoms with van der Waals surface area (Å²) < 4.78 is 22.6. The van der Waals surface area contributed by atoms with E-state index in [-0.39, 0.29) is 17.3 Å². The van der Waals surface area contributed by atoms with Crippen molar-refractivity contribution in [1.29, 1.82) is 0 Å². The molecule has 3 aromatic rings. The smallest absolute Gasteiger partial charge is 0.298 e. The van der Waals surface area contributed by atoms with Gasteiger partial charge in [-0.1, -0.05) is 18.2 Å². The first kappa shape index (κ1) is 16.5. The number of rotatable bonds is 4. The summed E-state index contributed by atoms with van der Waals surface area (Å²) in [5.74, 6) is -0.242. The molecule has 0 aliphatic carbocycles. The molecule has 0 amide bonds. The fourth-order valence-electron chi connectivity index (χ4n) is 2.23. The van der Waals surface area contributed by atoms with E-state index in [9.17, 15) is 23.6 Å². The molecule has 3 rings (SSSR count). The number of nitro groups is 1. The molecule has 11 heteroatoms. The number of nitro benzene ring substituents is 1. The Hall–Kier alpha value is -3.31. The number of sulfonamides is 1. The molecule has 0 radical (unpaired) electrons. The first-order valence-electron chi connectivity index (χ1n) is 6.80. The van der Waals surface area contributed by atoms with Gasteiger partial charge in [0.1, 0.15) is 0 Å². The molecule has 1 aromatic heterocycles. The minimum Gasteiger partial charge on any atom is -0.493 e. The van der Waals surface area contributed by atoms with E-state index in [0.717, 1.165) is 18.2 Å². The summed E-state index contributed by atoms with van der Waals surface area (Å²) in [6, 6.07) is 9.92. The fraction of sp³-hybridized carbons (Fsp3) is 0. The number of hydrogen-bond acceptors (Lipinski definition) is 7. The molecule has 128 valence electrons. The Morgan fingerprint density at radius 3 is 2.56 bits per heavy atom. The number of benzene rings is 2. The number of hydrogen-bond donors (Lipinski definition) is 3. The van der Waals surface area contributed by atoms with Gasteiger partial charge in [-0.05, 0) is 18.2 Å². The second-order valence-corrected chi connectivity index (χ2v) is 6.58. The van der Waals surface area contributed by atoms with Crippen LogP contribution in [0.3, 0.4) is 0 Å². The van der Waals surface area contributed by atoms with Crippen molar-refractivity contribution in [3.63, 3.8) is 0 Å². The van der Waals surface area contributed by atoms with E-state index in [1.54, 1.807) is 24.3 Å². The largest absolute Gasteiger partial charge is 0.493 e. The van der Waals surface area contributed by atoms with E-state index in [0.29, 0.717) is 10.9 Å². The number of nitrogens with zero attached hydrogens (tertiary/aromatic N) is 3. The van der Waals surface area contributed by atoms with Crippen LogP contribution < -0.4 is 5.14 Å². The van der Waals surface area contributed by atoms with Crippen molar-refractivity contribution in [3.05, 3.63) is 52.6 Å². The average Bonchev–Trinajstić information content (AvgIpc) is 2.87. The lowest BCUT2D eigenvalue weighted by Gasteiger charge is -2.00. The van der Waals surface area contributed by atoms with Gasteiger partial charge in [-0.2, -0.15) is 0 Å². The van der Waals surface area contributed by atoms with Gasteiger partial charge in [0, 0.05) is 11.5 Å². The molecule has 0 saturated heterocycles. The second-order valence-electron chi connectivity index (χ2n) is 5.02. The van der Waals surface area contributed by atoms with Crippen LogP contribution in [0, 0.1) is 10.1 Å². The average molecular weight is 361 g/mol. The first-order valence-corrected chi connectivity index (χ1v) is 8.34. The normalized spacial score (nSPS) is 12.0. The van der Waals surface area contributed by atoms with Crippen LogP contribution in [0.4, 0.5) is 17.1 Å². The van der Waals surface area contributed by atoms with E-state index >= 15 is 0 Å². The highest BCUT2D eigenvalue weighted by Gasteiger charge is 2.19. The third-order valence-corrected chi connectivity index (χ3v) is 4.30. The second kappa shape index (κ2) is 5.96. The van der Waals surface area contributed by atoms with Gasteiger partial charge < -0.3 is 10.1 Å². The Morgan fingerprint density at radius 2 is 1.88 bits per heavy atom. The Balaban J connectivity index is 2.09. The number of nitrogens with two attached hydrogens (primary N) is 1. The van der Waals surface area contributed by atoms with E-state index in [4.69, 9.17) is 5.14 Å². The molecule has 10 nitrogen and oxygen atoms in total. The van der Waals surface area contributed by atoms with Crippen LogP contribution >= 0.6 is 0 Å². The number of aromatic hydroxyl groups is 1. The van der Waals surface area contributed by atoms with E-state index < -0.39 is 25.5 Å². The molecular weight excluding hydrogens is 350 g/mol. The van der Waals surface area contributed by atoms with Crippen LogP contribution in [-0.2, 0) is 10.0 Å². The molecule has 0 atom stereocenters. The van der Waals surface area contributed by atoms with Crippen molar-refractivity contribution in [2.75, 3.05) is 0 Å². The number of azo groups is 1. The monoisotopic (exact) mass is 361 g/mol. The summed E-state index contributed by atoms with van der Waals surface area (Å²) in [7, 11) is -4.09. The number of fused-ring (bicyclic) bond motifs is 1. The van der Waals surface area contributed by atoms with Crippen LogP contribution in [0.25, 0.3) is 10.9 Å². The van der Waals surface area contributed by atoms with Crippen molar-refractivity contribution in [1.82, 2.24) is 4.98 Å². The topological polar surface area (TPSA) is 164 Å². The van der Waals surface area contributed by atoms with Gasteiger partial charge >= 0.3 is 0 Å². The van der Waals surface area contributed by atoms with Crippen molar-refractivity contribution in [3.8, 4) is 5.88 Å². The lowest BCUT2D eigenvalue weighted by atomic mass is 10.2. The van der Waals surface area contributed by atoms with Gasteiger partial charge in [0.15, 0.2) is 11.4 Å². The zero-order valence-electron chi connectivity index (χ0n) is 12.4. The van der Waals surface area contributed by atoms with Gasteiger partial charge in [-0.25, -0.2) is 13.6 Å². The summed E-state index contributed by atoms with van der Waals surface area (Å²) >= 11 is 0. The molecule has 0 aliphatic rings. The Morgan fingerprint density at radius 1 is 1.16 bits per heavy atom. The highest BCUT2D eigenvalue weighted by atomic mass is 32.2. The highest BCUT2D eigenvalue weighted by Crippen LogP contribution is 2.37. The van der Waals surface area contributed by atoms with Crippen molar-refractivity contribution in [2.45, 2.75) is 4.90 Å². The first-order chi connectivity index (χ1) is 11.8. The molecule has 1 heterocycles. The van der Waals surface area contributed by atoms with E-state index in [1.807, 2.05) is 0 Å². The summed E-state index contributed by atoms with van der Waals surface area (Å²) in [5, 5.41) is 34.2. The maximum absolute atomic E-state index is 11.3. The number of nitrogens with one attached hydrogen (secondary N) is 1. The van der Waals surface area contributed by atoms with Crippen LogP contribution in [0.1, 0.15) is 0 Å². The standard InChI is InChI=1S/C14H11N5O5S/c15-25(23,24)8-5-6-11(12(7-8)19(21)22)17-18-13-9-3-1-2-4-10(9)16-14(13)20/h1-7,16,20H,(H2,15,23,24). The summed E-state index contributed by atoms with van der Waals surface area (Å²) in [6.07, 6.45) is 0. The molecule has 0 saturated carbocycles. The third-order valence-electron chi connectivity index (χ3n) is 3.39. The molecule has 25 heavy (non-hydrogen) atoms. The number of para-hydroxylation sites is 1. The maximum atomic E-state index is 11.3. The molecule has 4 N–H and O–H groups in total. The zero-order chi connectivity index (χ0) is 18.2. The van der Waals surface area contributed by atoms with Crippen LogP contribution in [0.5, 0.6) is 5.88 Å². The minimum absolute atomic E-state index is 0.112. The number of H-pyrrole nitrogens is 1. The van der Waals surface area contributed by atoms with E-state index in [1.165, 1.54) is 0 Å². The molecule has 0 fully saturated rings. The van der Waals surface area contributed by atoms with Gasteiger partial charge in [-0.15, -0.1) is 10.2 Å². The summed E-state index contributed by atoms with van der Waals surface area (Å²) in [5.41, 5.74) is -0.0230. The number of aromatic nitrogens is 1. The van der Waals surface area contributed by atoms with Crippen molar-refractivity contribution in [2.24, 2.45) is 15.4 Å². The molecule has 2 aromatic carbocycles. The summed E-state index contributed by atoms with van der Waals surface area (Å²) in [4.78, 5) is 12.7. The van der Waals surface area contributed by atoms with Gasteiger partial charge in [-0.3, -0.25) is 10.1 Å². The lowest BCUT2D eigenvalue weighted by Crippen LogP contribution is -2.12. The van der Waals surface area contributed by atoms with Gasteiger partial charge in [0.2, 0.25) is 15.9 Å².